The standard InChI is InChI=1S/C10H9ClOS/c11-10(9-1-3-12-6-9)5-8-2-4-13-7-8/h1-4,6-7,10H,5H2. The van der Waals surface area contributed by atoms with Crippen LogP contribution in [-0.2, 0) is 6.42 Å². The van der Waals surface area contributed by atoms with Gasteiger partial charge >= 0.3 is 0 Å². The van der Waals surface area contributed by atoms with E-state index in [0.29, 0.717) is 0 Å². The summed E-state index contributed by atoms with van der Waals surface area (Å²) in [4.78, 5) is 0. The fourth-order valence-electron chi connectivity index (χ4n) is 1.19. The molecule has 0 spiro atoms. The van der Waals surface area contributed by atoms with Crippen molar-refractivity contribution in [1.82, 2.24) is 0 Å². The highest BCUT2D eigenvalue weighted by Gasteiger charge is 2.09. The molecule has 0 saturated carbocycles. The summed E-state index contributed by atoms with van der Waals surface area (Å²) < 4.78 is 4.97. The van der Waals surface area contributed by atoms with Crippen molar-refractivity contribution in [2.45, 2.75) is 11.8 Å². The molecule has 0 aliphatic rings. The van der Waals surface area contributed by atoms with Crippen molar-refractivity contribution < 1.29 is 4.42 Å². The van der Waals surface area contributed by atoms with Crippen LogP contribution >= 0.6 is 22.9 Å². The van der Waals surface area contributed by atoms with Crippen molar-refractivity contribution in [3.05, 3.63) is 46.5 Å². The molecule has 2 aromatic heterocycles. The van der Waals surface area contributed by atoms with E-state index >= 15 is 0 Å². The Morgan fingerprint density at radius 2 is 2.38 bits per heavy atom. The van der Waals surface area contributed by atoms with E-state index in [-0.39, 0.29) is 5.38 Å². The highest BCUT2D eigenvalue weighted by atomic mass is 35.5. The minimum atomic E-state index is 0.0216. The molecule has 1 nitrogen and oxygen atoms in total. The highest BCUT2D eigenvalue weighted by Crippen LogP contribution is 2.25. The molecule has 0 fully saturated rings. The second kappa shape index (κ2) is 3.99. The Morgan fingerprint density at radius 3 is 3.00 bits per heavy atom. The van der Waals surface area contributed by atoms with Crippen LogP contribution in [0.4, 0.5) is 0 Å². The van der Waals surface area contributed by atoms with Crippen LogP contribution in [0.25, 0.3) is 0 Å². The van der Waals surface area contributed by atoms with Crippen LogP contribution < -0.4 is 0 Å². The molecule has 0 aliphatic heterocycles. The van der Waals surface area contributed by atoms with Crippen LogP contribution in [0.15, 0.2) is 39.8 Å². The van der Waals surface area contributed by atoms with E-state index in [2.05, 4.69) is 16.8 Å². The van der Waals surface area contributed by atoms with Crippen LogP contribution in [0.2, 0.25) is 0 Å². The maximum atomic E-state index is 6.18. The lowest BCUT2D eigenvalue weighted by Gasteiger charge is -2.03. The van der Waals surface area contributed by atoms with Gasteiger partial charge in [0, 0.05) is 5.56 Å². The minimum absolute atomic E-state index is 0.0216. The molecule has 0 radical (unpaired) electrons. The van der Waals surface area contributed by atoms with Crippen molar-refractivity contribution in [3.8, 4) is 0 Å². The SMILES string of the molecule is ClC(Cc1ccsc1)c1ccoc1. The monoisotopic (exact) mass is 212 g/mol. The molecule has 1 unspecified atom stereocenters. The van der Waals surface area contributed by atoms with Gasteiger partial charge in [-0.1, -0.05) is 0 Å². The number of halogens is 1. The minimum Gasteiger partial charge on any atom is -0.472 e. The van der Waals surface area contributed by atoms with Gasteiger partial charge in [0.05, 0.1) is 17.9 Å². The van der Waals surface area contributed by atoms with Gasteiger partial charge in [-0.15, -0.1) is 11.6 Å². The normalized spacial score (nSPS) is 13.0. The molecule has 1 atom stereocenters. The average molecular weight is 213 g/mol. The number of furan rings is 1. The molecule has 68 valence electrons. The topological polar surface area (TPSA) is 13.1 Å². The molecule has 3 heteroatoms. The van der Waals surface area contributed by atoms with Gasteiger partial charge in [-0.2, -0.15) is 11.3 Å². The fourth-order valence-corrected chi connectivity index (χ4v) is 2.17. The summed E-state index contributed by atoms with van der Waals surface area (Å²) in [6.45, 7) is 0. The molecule has 0 bridgehead atoms. The predicted octanol–water partition coefficient (Wildman–Crippen LogP) is 3.86. The van der Waals surface area contributed by atoms with Gasteiger partial charge in [-0.3, -0.25) is 0 Å². The summed E-state index contributed by atoms with van der Waals surface area (Å²) in [7, 11) is 0. The second-order valence-corrected chi connectivity index (χ2v) is 4.17. The third-order valence-corrected chi connectivity index (χ3v) is 3.04. The fraction of sp³-hybridized carbons (Fsp3) is 0.200. The van der Waals surface area contributed by atoms with E-state index in [0.717, 1.165) is 12.0 Å². The lowest BCUT2D eigenvalue weighted by molar-refractivity contribution is 0.563. The Morgan fingerprint density at radius 1 is 1.46 bits per heavy atom. The van der Waals surface area contributed by atoms with Crippen molar-refractivity contribution >= 4 is 22.9 Å². The number of rotatable bonds is 3. The third-order valence-electron chi connectivity index (χ3n) is 1.90. The van der Waals surface area contributed by atoms with Crippen molar-refractivity contribution in [2.24, 2.45) is 0 Å². The van der Waals surface area contributed by atoms with E-state index in [4.69, 9.17) is 16.0 Å². The van der Waals surface area contributed by atoms with Crippen molar-refractivity contribution in [1.29, 1.82) is 0 Å². The van der Waals surface area contributed by atoms with E-state index in [1.54, 1.807) is 23.9 Å². The Kier molecular flexibility index (Phi) is 2.71. The van der Waals surface area contributed by atoms with Gasteiger partial charge in [0.2, 0.25) is 0 Å². The van der Waals surface area contributed by atoms with Crippen LogP contribution in [-0.4, -0.2) is 0 Å². The molecule has 2 heterocycles. The zero-order chi connectivity index (χ0) is 9.10. The molecular formula is C10H9ClOS. The molecule has 0 aromatic carbocycles. The quantitative estimate of drug-likeness (QED) is 0.705. The largest absolute Gasteiger partial charge is 0.472 e. The van der Waals surface area contributed by atoms with Crippen molar-refractivity contribution in [2.75, 3.05) is 0 Å². The zero-order valence-electron chi connectivity index (χ0n) is 6.94. The first kappa shape index (κ1) is 8.85. The molecular weight excluding hydrogens is 204 g/mol. The first-order valence-electron chi connectivity index (χ1n) is 4.03. The lowest BCUT2D eigenvalue weighted by Crippen LogP contribution is -1.91. The summed E-state index contributed by atoms with van der Waals surface area (Å²) in [5.74, 6) is 0. The Bertz CT molecular complexity index is 339. The van der Waals surface area contributed by atoms with Gasteiger partial charge in [-0.05, 0) is 34.9 Å². The van der Waals surface area contributed by atoms with Crippen LogP contribution in [0.3, 0.4) is 0 Å². The van der Waals surface area contributed by atoms with Gasteiger partial charge < -0.3 is 4.42 Å². The molecule has 0 amide bonds. The molecule has 0 N–H and O–H groups in total. The van der Waals surface area contributed by atoms with E-state index in [1.807, 2.05) is 6.07 Å². The molecule has 0 saturated heterocycles. The molecule has 2 rings (SSSR count). The molecule has 2 aromatic rings. The van der Waals surface area contributed by atoms with E-state index < -0.39 is 0 Å². The summed E-state index contributed by atoms with van der Waals surface area (Å²) >= 11 is 7.88. The maximum Gasteiger partial charge on any atom is 0.0949 e. The van der Waals surface area contributed by atoms with Crippen LogP contribution in [0, 0.1) is 0 Å². The summed E-state index contributed by atoms with van der Waals surface area (Å²) in [5, 5.41) is 4.21. The first-order valence-corrected chi connectivity index (χ1v) is 5.41. The molecule has 13 heavy (non-hydrogen) atoms. The number of alkyl halides is 1. The average Bonchev–Trinajstić information content (AvgIpc) is 2.74. The summed E-state index contributed by atoms with van der Waals surface area (Å²) in [6.07, 6.45) is 4.22. The van der Waals surface area contributed by atoms with Crippen LogP contribution in [0.1, 0.15) is 16.5 Å². The first-order chi connectivity index (χ1) is 6.36. The predicted molar refractivity (Wildman–Crippen MR) is 55.3 cm³/mol. The second-order valence-electron chi connectivity index (χ2n) is 2.86. The number of hydrogen-bond donors (Lipinski definition) is 0. The number of hydrogen-bond acceptors (Lipinski definition) is 2. The van der Waals surface area contributed by atoms with Gasteiger partial charge in [0.1, 0.15) is 0 Å². The summed E-state index contributed by atoms with van der Waals surface area (Å²) in [5.41, 5.74) is 2.33. The highest BCUT2D eigenvalue weighted by molar-refractivity contribution is 7.07. The number of thiophene rings is 1. The smallest absolute Gasteiger partial charge is 0.0949 e. The van der Waals surface area contributed by atoms with Crippen LogP contribution in [0.5, 0.6) is 0 Å². The van der Waals surface area contributed by atoms with Gasteiger partial charge in [0.25, 0.3) is 0 Å². The van der Waals surface area contributed by atoms with Gasteiger partial charge in [-0.25, -0.2) is 0 Å². The van der Waals surface area contributed by atoms with E-state index in [9.17, 15) is 0 Å². The summed E-state index contributed by atoms with van der Waals surface area (Å²) in [6, 6.07) is 4.00. The van der Waals surface area contributed by atoms with E-state index in [1.165, 1.54) is 5.56 Å². The zero-order valence-corrected chi connectivity index (χ0v) is 8.52. The third kappa shape index (κ3) is 2.14. The Hall–Kier alpha value is -0.730. The van der Waals surface area contributed by atoms with Gasteiger partial charge in [0.15, 0.2) is 0 Å². The lowest BCUT2D eigenvalue weighted by atomic mass is 10.1. The molecule has 0 aliphatic carbocycles. The Labute approximate surface area is 86.0 Å². The Balaban J connectivity index is 2.04. The van der Waals surface area contributed by atoms with Crippen molar-refractivity contribution in [3.63, 3.8) is 0 Å². The maximum absolute atomic E-state index is 6.18.